The molecule has 0 bridgehead atoms. The molecule has 1 N–H and O–H groups in total. The zero-order valence-electron chi connectivity index (χ0n) is 12.0. The van der Waals surface area contributed by atoms with E-state index in [4.69, 9.17) is 21.1 Å². The predicted octanol–water partition coefficient (Wildman–Crippen LogP) is 4.76. The molecular weight excluding hydrogens is 260 g/mol. The number of unbranched alkanes of at least 4 members (excludes halogenated alkanes) is 4. The van der Waals surface area contributed by atoms with Crippen LogP contribution < -0.4 is 0 Å². The molecule has 0 spiro atoms. The quantitative estimate of drug-likeness (QED) is 0.403. The van der Waals surface area contributed by atoms with Crippen molar-refractivity contribution >= 4 is 11.6 Å². The summed E-state index contributed by atoms with van der Waals surface area (Å²) in [5, 5.41) is 9.06. The highest BCUT2D eigenvalue weighted by atomic mass is 35.5. The van der Waals surface area contributed by atoms with Crippen molar-refractivity contribution in [3.8, 4) is 0 Å². The minimum absolute atomic E-state index is 0.00189. The van der Waals surface area contributed by atoms with Crippen LogP contribution >= 0.6 is 11.6 Å². The van der Waals surface area contributed by atoms with Crippen LogP contribution in [0.1, 0.15) is 56.1 Å². The van der Waals surface area contributed by atoms with Crippen molar-refractivity contribution in [1.82, 2.24) is 0 Å². The second-order valence-corrected chi connectivity index (χ2v) is 5.38. The Morgan fingerprint density at radius 3 is 2.68 bits per heavy atom. The molecule has 0 amide bonds. The van der Waals surface area contributed by atoms with E-state index in [1.807, 2.05) is 13.0 Å². The summed E-state index contributed by atoms with van der Waals surface area (Å²) in [4.78, 5) is 0. The van der Waals surface area contributed by atoms with Gasteiger partial charge in [-0.1, -0.05) is 24.5 Å². The number of allylic oxidation sites excluding steroid dienone is 2. The number of halogens is 1. The highest BCUT2D eigenvalue weighted by molar-refractivity contribution is 6.19. The van der Waals surface area contributed by atoms with E-state index in [1.54, 1.807) is 0 Å². The van der Waals surface area contributed by atoms with Gasteiger partial charge in [-0.2, -0.15) is 0 Å². The minimum atomic E-state index is -0.00189. The third-order valence-electron chi connectivity index (χ3n) is 3.30. The van der Waals surface area contributed by atoms with Crippen LogP contribution in [0.5, 0.6) is 0 Å². The number of alkyl halides is 1. The van der Waals surface area contributed by atoms with Gasteiger partial charge in [0.25, 0.3) is 0 Å². The molecule has 1 aromatic heterocycles. The SMILES string of the molecule is C/C(=C/CCCCCCc1cc(C)c(CO)o1)CCl. The van der Waals surface area contributed by atoms with Gasteiger partial charge < -0.3 is 9.52 Å². The second kappa shape index (κ2) is 9.22. The number of hydrogen-bond acceptors (Lipinski definition) is 2. The lowest BCUT2D eigenvalue weighted by Crippen LogP contribution is -1.84. The monoisotopic (exact) mass is 284 g/mol. The Kier molecular flexibility index (Phi) is 7.92. The maximum absolute atomic E-state index is 9.06. The molecule has 0 unspecified atom stereocenters. The van der Waals surface area contributed by atoms with Crippen molar-refractivity contribution in [2.45, 2.75) is 59.0 Å². The van der Waals surface area contributed by atoms with Crippen molar-refractivity contribution in [1.29, 1.82) is 0 Å². The van der Waals surface area contributed by atoms with E-state index < -0.39 is 0 Å². The highest BCUT2D eigenvalue weighted by Crippen LogP contribution is 2.17. The fourth-order valence-corrected chi connectivity index (χ4v) is 2.18. The van der Waals surface area contributed by atoms with E-state index in [9.17, 15) is 0 Å². The molecule has 0 aromatic carbocycles. The molecule has 19 heavy (non-hydrogen) atoms. The molecule has 1 aromatic rings. The average molecular weight is 285 g/mol. The molecule has 0 radical (unpaired) electrons. The number of furan rings is 1. The Hall–Kier alpha value is -0.730. The minimum Gasteiger partial charge on any atom is -0.463 e. The van der Waals surface area contributed by atoms with E-state index >= 15 is 0 Å². The Labute approximate surface area is 121 Å². The molecular formula is C16H25ClO2. The maximum Gasteiger partial charge on any atom is 0.132 e. The molecule has 0 saturated heterocycles. The van der Waals surface area contributed by atoms with Crippen LogP contribution in [0, 0.1) is 6.92 Å². The number of aliphatic hydroxyl groups is 1. The van der Waals surface area contributed by atoms with Crippen molar-refractivity contribution in [2.75, 3.05) is 5.88 Å². The smallest absolute Gasteiger partial charge is 0.132 e. The molecule has 0 atom stereocenters. The Balaban J connectivity index is 2.10. The lowest BCUT2D eigenvalue weighted by atomic mass is 10.1. The summed E-state index contributed by atoms with van der Waals surface area (Å²) in [6.07, 6.45) is 9.19. The molecule has 1 heterocycles. The van der Waals surface area contributed by atoms with Gasteiger partial charge in [-0.25, -0.2) is 0 Å². The summed E-state index contributed by atoms with van der Waals surface area (Å²) in [7, 11) is 0. The molecule has 3 heteroatoms. The molecule has 0 fully saturated rings. The highest BCUT2D eigenvalue weighted by Gasteiger charge is 2.05. The van der Waals surface area contributed by atoms with Crippen LogP contribution in [0.3, 0.4) is 0 Å². The lowest BCUT2D eigenvalue weighted by molar-refractivity contribution is 0.242. The van der Waals surface area contributed by atoms with E-state index in [0.717, 1.165) is 30.6 Å². The molecule has 0 aliphatic heterocycles. The van der Waals surface area contributed by atoms with Gasteiger partial charge in [-0.15, -0.1) is 11.6 Å². The first-order chi connectivity index (χ1) is 9.17. The lowest BCUT2D eigenvalue weighted by Gasteiger charge is -1.99. The summed E-state index contributed by atoms with van der Waals surface area (Å²) in [6.45, 7) is 4.05. The van der Waals surface area contributed by atoms with Crippen LogP contribution in [-0.2, 0) is 13.0 Å². The normalized spacial score (nSPS) is 12.1. The van der Waals surface area contributed by atoms with Gasteiger partial charge in [0.05, 0.1) is 0 Å². The Bertz CT molecular complexity index is 393. The molecule has 0 aliphatic rings. The zero-order valence-corrected chi connectivity index (χ0v) is 12.8. The van der Waals surface area contributed by atoms with Crippen LogP contribution in [-0.4, -0.2) is 11.0 Å². The fraction of sp³-hybridized carbons (Fsp3) is 0.625. The van der Waals surface area contributed by atoms with Gasteiger partial charge in [0.1, 0.15) is 18.1 Å². The Morgan fingerprint density at radius 2 is 2.05 bits per heavy atom. The standard InChI is InChI=1S/C16H25ClO2/c1-13(11-17)8-6-4-3-5-7-9-15-10-14(2)16(12-18)19-15/h8,10,18H,3-7,9,11-12H2,1-2H3/b13-8-. The summed E-state index contributed by atoms with van der Waals surface area (Å²) in [5.74, 6) is 2.35. The van der Waals surface area contributed by atoms with E-state index in [-0.39, 0.29) is 6.61 Å². The van der Waals surface area contributed by atoms with Crippen molar-refractivity contribution in [2.24, 2.45) is 0 Å². The molecule has 0 aliphatic carbocycles. The third-order valence-corrected chi connectivity index (χ3v) is 3.72. The second-order valence-electron chi connectivity index (χ2n) is 5.11. The average Bonchev–Trinajstić information content (AvgIpc) is 2.77. The molecule has 108 valence electrons. The van der Waals surface area contributed by atoms with Gasteiger partial charge in [-0.05, 0) is 44.7 Å². The van der Waals surface area contributed by atoms with E-state index in [0.29, 0.717) is 11.6 Å². The maximum atomic E-state index is 9.06. The van der Waals surface area contributed by atoms with Crippen molar-refractivity contribution < 1.29 is 9.52 Å². The molecule has 2 nitrogen and oxygen atoms in total. The first kappa shape index (κ1) is 16.3. The Morgan fingerprint density at radius 1 is 1.32 bits per heavy atom. The number of aliphatic hydroxyl groups excluding tert-OH is 1. The predicted molar refractivity (Wildman–Crippen MR) is 80.6 cm³/mol. The third kappa shape index (κ3) is 6.31. The zero-order chi connectivity index (χ0) is 14.1. The van der Waals surface area contributed by atoms with Gasteiger partial charge >= 0.3 is 0 Å². The van der Waals surface area contributed by atoms with Gasteiger partial charge in [-0.3, -0.25) is 0 Å². The summed E-state index contributed by atoms with van der Waals surface area (Å²) < 4.78 is 5.56. The van der Waals surface area contributed by atoms with Crippen LogP contribution in [0.25, 0.3) is 0 Å². The topological polar surface area (TPSA) is 33.4 Å². The van der Waals surface area contributed by atoms with Crippen molar-refractivity contribution in [3.05, 3.63) is 34.8 Å². The fourth-order valence-electron chi connectivity index (χ4n) is 2.07. The number of rotatable bonds is 9. The number of aryl methyl sites for hydroxylation is 2. The molecule has 0 saturated carbocycles. The van der Waals surface area contributed by atoms with E-state index in [2.05, 4.69) is 13.0 Å². The summed E-state index contributed by atoms with van der Waals surface area (Å²) in [6, 6.07) is 2.04. The van der Waals surface area contributed by atoms with Gasteiger partial charge in [0, 0.05) is 12.3 Å². The van der Waals surface area contributed by atoms with Crippen LogP contribution in [0.2, 0.25) is 0 Å². The molecule has 1 rings (SSSR count). The van der Waals surface area contributed by atoms with Crippen LogP contribution in [0.4, 0.5) is 0 Å². The summed E-state index contributed by atoms with van der Waals surface area (Å²) in [5.41, 5.74) is 2.32. The van der Waals surface area contributed by atoms with Gasteiger partial charge in [0.15, 0.2) is 0 Å². The summed E-state index contributed by atoms with van der Waals surface area (Å²) >= 11 is 5.71. The largest absolute Gasteiger partial charge is 0.463 e. The first-order valence-corrected chi connectivity index (χ1v) is 7.61. The van der Waals surface area contributed by atoms with E-state index in [1.165, 1.54) is 24.8 Å². The van der Waals surface area contributed by atoms with Gasteiger partial charge in [0.2, 0.25) is 0 Å². The first-order valence-electron chi connectivity index (χ1n) is 7.08. The van der Waals surface area contributed by atoms with Crippen LogP contribution in [0.15, 0.2) is 22.1 Å². The van der Waals surface area contributed by atoms with Crippen molar-refractivity contribution in [3.63, 3.8) is 0 Å². The number of hydrogen-bond donors (Lipinski definition) is 1.